The van der Waals surface area contributed by atoms with Crippen LogP contribution in [0.4, 0.5) is 17.1 Å². The molecule has 0 spiro atoms. The zero-order valence-electron chi connectivity index (χ0n) is 16.1. The zero-order valence-corrected chi connectivity index (χ0v) is 16.1. The molecule has 6 nitrogen and oxygen atoms in total. The first-order valence-corrected chi connectivity index (χ1v) is 9.72. The van der Waals surface area contributed by atoms with Crippen LogP contribution in [-0.4, -0.2) is 37.3 Å². The standard InChI is InChI=1S/C22H26N4O2/c1-2-3-19(22(27)28)17-6-9-21(26-12-10-24-11-13-26)20(14-17)25-18-7-4-16(15-23)5-8-18/h4-9,14,19,24-25H,2-3,10-13H2,1H3,(H,27,28). The van der Waals surface area contributed by atoms with Crippen LogP contribution in [-0.2, 0) is 4.79 Å². The SMILES string of the molecule is CCCC(C(=O)O)c1ccc(N2CCNCC2)c(Nc2ccc(C#N)cc2)c1. The lowest BCUT2D eigenvalue weighted by molar-refractivity contribution is -0.139. The number of rotatable bonds is 7. The number of nitrogens with one attached hydrogen (secondary N) is 2. The van der Waals surface area contributed by atoms with Crippen LogP contribution >= 0.6 is 0 Å². The summed E-state index contributed by atoms with van der Waals surface area (Å²) in [5, 5.41) is 25.4. The first kappa shape index (κ1) is 19.7. The third-order valence-electron chi connectivity index (χ3n) is 5.05. The molecule has 1 fully saturated rings. The lowest BCUT2D eigenvalue weighted by atomic mass is 9.93. The molecule has 1 saturated heterocycles. The number of benzene rings is 2. The first-order valence-electron chi connectivity index (χ1n) is 9.72. The van der Waals surface area contributed by atoms with Crippen molar-refractivity contribution in [2.75, 3.05) is 36.4 Å². The van der Waals surface area contributed by atoms with Gasteiger partial charge in [-0.05, 0) is 48.4 Å². The topological polar surface area (TPSA) is 88.4 Å². The van der Waals surface area contributed by atoms with Crippen molar-refractivity contribution in [1.29, 1.82) is 5.26 Å². The highest BCUT2D eigenvalue weighted by atomic mass is 16.4. The maximum absolute atomic E-state index is 11.7. The smallest absolute Gasteiger partial charge is 0.310 e. The molecule has 0 radical (unpaired) electrons. The monoisotopic (exact) mass is 378 g/mol. The van der Waals surface area contributed by atoms with Gasteiger partial charge in [0.05, 0.1) is 28.9 Å². The van der Waals surface area contributed by atoms with Crippen LogP contribution in [0.25, 0.3) is 0 Å². The summed E-state index contributed by atoms with van der Waals surface area (Å²) in [7, 11) is 0. The van der Waals surface area contributed by atoms with Crippen molar-refractivity contribution in [3.05, 3.63) is 53.6 Å². The van der Waals surface area contributed by atoms with E-state index >= 15 is 0 Å². The molecule has 28 heavy (non-hydrogen) atoms. The van der Waals surface area contributed by atoms with Crippen LogP contribution < -0.4 is 15.5 Å². The van der Waals surface area contributed by atoms with Crippen molar-refractivity contribution in [2.24, 2.45) is 0 Å². The Morgan fingerprint density at radius 2 is 1.96 bits per heavy atom. The van der Waals surface area contributed by atoms with Gasteiger partial charge in [0.25, 0.3) is 0 Å². The second-order valence-electron chi connectivity index (χ2n) is 7.01. The van der Waals surface area contributed by atoms with Gasteiger partial charge in [-0.15, -0.1) is 0 Å². The van der Waals surface area contributed by atoms with Crippen molar-refractivity contribution >= 4 is 23.0 Å². The molecular weight excluding hydrogens is 352 g/mol. The summed E-state index contributed by atoms with van der Waals surface area (Å²) in [4.78, 5) is 14.1. The molecule has 2 aromatic rings. The van der Waals surface area contributed by atoms with Crippen LogP contribution in [0.1, 0.15) is 36.8 Å². The van der Waals surface area contributed by atoms with Gasteiger partial charge >= 0.3 is 5.97 Å². The molecule has 1 aliphatic heterocycles. The van der Waals surface area contributed by atoms with Gasteiger partial charge in [-0.25, -0.2) is 0 Å². The van der Waals surface area contributed by atoms with Crippen molar-refractivity contribution in [3.63, 3.8) is 0 Å². The van der Waals surface area contributed by atoms with E-state index in [1.165, 1.54) is 0 Å². The fourth-order valence-corrected chi connectivity index (χ4v) is 3.56. The average Bonchev–Trinajstić information content (AvgIpc) is 2.73. The van der Waals surface area contributed by atoms with E-state index in [0.717, 1.165) is 55.2 Å². The highest BCUT2D eigenvalue weighted by Gasteiger charge is 2.22. The molecule has 0 saturated carbocycles. The molecule has 1 aliphatic rings. The van der Waals surface area contributed by atoms with E-state index in [0.29, 0.717) is 12.0 Å². The van der Waals surface area contributed by atoms with Crippen molar-refractivity contribution < 1.29 is 9.90 Å². The molecule has 1 heterocycles. The summed E-state index contributed by atoms with van der Waals surface area (Å²) in [6.07, 6.45) is 1.42. The number of hydrogen-bond donors (Lipinski definition) is 3. The van der Waals surface area contributed by atoms with Crippen molar-refractivity contribution in [1.82, 2.24) is 5.32 Å². The number of nitrogens with zero attached hydrogens (tertiary/aromatic N) is 2. The Morgan fingerprint density at radius 1 is 1.25 bits per heavy atom. The van der Waals surface area contributed by atoms with Gasteiger partial charge in [-0.2, -0.15) is 5.26 Å². The number of aliphatic carboxylic acids is 1. The third-order valence-corrected chi connectivity index (χ3v) is 5.05. The van der Waals surface area contributed by atoms with Crippen LogP contribution in [0.2, 0.25) is 0 Å². The van der Waals surface area contributed by atoms with Gasteiger partial charge in [-0.3, -0.25) is 4.79 Å². The minimum atomic E-state index is -0.791. The van der Waals surface area contributed by atoms with E-state index in [2.05, 4.69) is 21.6 Å². The van der Waals surface area contributed by atoms with E-state index < -0.39 is 11.9 Å². The average molecular weight is 378 g/mol. The van der Waals surface area contributed by atoms with Crippen molar-refractivity contribution in [3.8, 4) is 6.07 Å². The van der Waals surface area contributed by atoms with Gasteiger partial charge < -0.3 is 20.6 Å². The highest BCUT2D eigenvalue weighted by molar-refractivity contribution is 5.81. The Labute approximate surface area is 165 Å². The van der Waals surface area contributed by atoms with Crippen LogP contribution in [0, 0.1) is 11.3 Å². The molecule has 1 unspecified atom stereocenters. The number of anilines is 3. The van der Waals surface area contributed by atoms with E-state index in [4.69, 9.17) is 5.26 Å². The summed E-state index contributed by atoms with van der Waals surface area (Å²) >= 11 is 0. The molecule has 0 bridgehead atoms. The predicted molar refractivity (Wildman–Crippen MR) is 111 cm³/mol. The molecule has 146 valence electrons. The minimum Gasteiger partial charge on any atom is -0.481 e. The van der Waals surface area contributed by atoms with Crippen molar-refractivity contribution in [2.45, 2.75) is 25.7 Å². The Morgan fingerprint density at radius 3 is 2.57 bits per heavy atom. The Balaban J connectivity index is 1.96. The lowest BCUT2D eigenvalue weighted by Gasteiger charge is -2.32. The first-order chi connectivity index (χ1) is 13.6. The molecule has 6 heteroatoms. The third kappa shape index (κ3) is 4.62. The molecule has 0 aliphatic carbocycles. The molecule has 3 rings (SSSR count). The summed E-state index contributed by atoms with van der Waals surface area (Å²) in [6, 6.07) is 15.3. The van der Waals surface area contributed by atoms with Gasteiger partial charge in [0, 0.05) is 31.9 Å². The van der Waals surface area contributed by atoms with Crippen LogP contribution in [0.5, 0.6) is 0 Å². The second-order valence-corrected chi connectivity index (χ2v) is 7.01. The van der Waals surface area contributed by atoms with E-state index in [9.17, 15) is 9.90 Å². The van der Waals surface area contributed by atoms with Gasteiger partial charge in [-0.1, -0.05) is 19.4 Å². The number of hydrogen-bond acceptors (Lipinski definition) is 5. The maximum atomic E-state index is 11.7. The van der Waals surface area contributed by atoms with E-state index in [-0.39, 0.29) is 0 Å². The fraction of sp³-hybridized carbons (Fsp3) is 0.364. The van der Waals surface area contributed by atoms with Gasteiger partial charge in [0.15, 0.2) is 0 Å². The number of carboxylic acid groups (broad SMARTS) is 1. The molecule has 2 aromatic carbocycles. The second kappa shape index (κ2) is 9.25. The molecule has 3 N–H and O–H groups in total. The Hall–Kier alpha value is -3.04. The van der Waals surface area contributed by atoms with Gasteiger partial charge in [0.1, 0.15) is 0 Å². The number of carbonyl (C=O) groups is 1. The van der Waals surface area contributed by atoms with Crippen LogP contribution in [0.15, 0.2) is 42.5 Å². The lowest BCUT2D eigenvalue weighted by Crippen LogP contribution is -2.43. The van der Waals surface area contributed by atoms with E-state index in [1.54, 1.807) is 12.1 Å². The zero-order chi connectivity index (χ0) is 19.9. The minimum absolute atomic E-state index is 0.511. The summed E-state index contributed by atoms with van der Waals surface area (Å²) in [5.74, 6) is -1.30. The molecule has 0 aromatic heterocycles. The van der Waals surface area contributed by atoms with Crippen LogP contribution in [0.3, 0.4) is 0 Å². The highest BCUT2D eigenvalue weighted by Crippen LogP contribution is 2.34. The Bertz CT molecular complexity index is 852. The number of piperazine rings is 1. The van der Waals surface area contributed by atoms with E-state index in [1.807, 2.05) is 37.3 Å². The molecule has 0 amide bonds. The summed E-state index contributed by atoms with van der Waals surface area (Å²) < 4.78 is 0. The normalized spacial score (nSPS) is 14.9. The largest absolute Gasteiger partial charge is 0.481 e. The predicted octanol–water partition coefficient (Wildman–Crippen LogP) is 3.68. The summed E-state index contributed by atoms with van der Waals surface area (Å²) in [6.45, 7) is 5.65. The number of carboxylic acids is 1. The quantitative estimate of drug-likeness (QED) is 0.681. The summed E-state index contributed by atoms with van der Waals surface area (Å²) in [5.41, 5.74) is 4.25. The van der Waals surface area contributed by atoms with Gasteiger partial charge in [0.2, 0.25) is 0 Å². The number of nitriles is 1. The Kier molecular flexibility index (Phi) is 6.51. The maximum Gasteiger partial charge on any atom is 0.310 e. The molecular formula is C22H26N4O2. The fourth-order valence-electron chi connectivity index (χ4n) is 3.56. The molecule has 1 atom stereocenters.